The van der Waals surface area contributed by atoms with Gasteiger partial charge in [0.05, 0.1) is 37.7 Å². The largest absolute Gasteiger partial charge is 0.452 e. The van der Waals surface area contributed by atoms with Crippen LogP contribution in [0.15, 0.2) is 47.0 Å². The topological polar surface area (TPSA) is 85.8 Å². The summed E-state index contributed by atoms with van der Waals surface area (Å²) in [5.74, 6) is 1.38. The quantitative estimate of drug-likeness (QED) is 0.412. The predicted octanol–water partition coefficient (Wildman–Crippen LogP) is 4.45. The number of nitrogens with zero attached hydrogens (tertiary/aromatic N) is 2. The zero-order valence-electron chi connectivity index (χ0n) is 17.5. The maximum atomic E-state index is 6.32. The molecule has 5 rings (SSSR count). The fraction of sp³-hybridized carbons (Fsp3) is 0.435. The summed E-state index contributed by atoms with van der Waals surface area (Å²) in [4.78, 5) is 6.88. The van der Waals surface area contributed by atoms with Gasteiger partial charge in [0.2, 0.25) is 0 Å². The lowest BCUT2D eigenvalue weighted by atomic mass is 10.1. The first kappa shape index (κ1) is 20.6. The maximum absolute atomic E-state index is 6.32. The highest BCUT2D eigenvalue weighted by Gasteiger charge is 2.26. The molecule has 8 heteroatoms. The molecule has 3 heterocycles. The molecule has 2 fully saturated rings. The number of hydrogen-bond donors (Lipinski definition) is 2. The SMILES string of the molecule is NSOCC1CCC(Nc2ccnc3cc(-c4cccc(N5CCOCC5)c4)oc23)C1. The molecule has 164 valence electrons. The Kier molecular flexibility index (Phi) is 6.31. The van der Waals surface area contributed by atoms with Crippen LogP contribution in [0.3, 0.4) is 0 Å². The summed E-state index contributed by atoms with van der Waals surface area (Å²) in [6.45, 7) is 4.07. The molecule has 31 heavy (non-hydrogen) atoms. The van der Waals surface area contributed by atoms with E-state index in [9.17, 15) is 0 Å². The van der Waals surface area contributed by atoms with E-state index >= 15 is 0 Å². The smallest absolute Gasteiger partial charge is 0.176 e. The minimum Gasteiger partial charge on any atom is -0.452 e. The number of aromatic nitrogens is 1. The van der Waals surface area contributed by atoms with Crippen LogP contribution < -0.4 is 15.4 Å². The molecule has 2 aromatic heterocycles. The van der Waals surface area contributed by atoms with E-state index in [0.717, 1.165) is 85.9 Å². The van der Waals surface area contributed by atoms with Gasteiger partial charge in [-0.2, -0.15) is 0 Å². The third kappa shape index (κ3) is 4.67. The third-order valence-electron chi connectivity index (χ3n) is 6.19. The maximum Gasteiger partial charge on any atom is 0.176 e. The number of ether oxygens (including phenoxy) is 1. The van der Waals surface area contributed by atoms with Crippen molar-refractivity contribution in [1.29, 1.82) is 0 Å². The average molecular weight is 441 g/mol. The molecular weight excluding hydrogens is 412 g/mol. The van der Waals surface area contributed by atoms with Gasteiger partial charge in [0.25, 0.3) is 0 Å². The summed E-state index contributed by atoms with van der Waals surface area (Å²) in [5.41, 5.74) is 4.94. The van der Waals surface area contributed by atoms with Gasteiger partial charge in [-0.1, -0.05) is 12.1 Å². The van der Waals surface area contributed by atoms with Gasteiger partial charge in [-0.05, 0) is 43.4 Å². The molecule has 1 aliphatic carbocycles. The molecule has 1 aromatic carbocycles. The van der Waals surface area contributed by atoms with Gasteiger partial charge in [-0.25, -0.2) is 0 Å². The summed E-state index contributed by atoms with van der Waals surface area (Å²) in [6.07, 6.45) is 5.17. The van der Waals surface area contributed by atoms with Gasteiger partial charge in [-0.3, -0.25) is 10.1 Å². The van der Waals surface area contributed by atoms with Crippen molar-refractivity contribution in [3.05, 3.63) is 42.6 Å². The minimum absolute atomic E-state index is 0.403. The van der Waals surface area contributed by atoms with Gasteiger partial charge in [-0.15, -0.1) is 0 Å². The molecule has 2 unspecified atom stereocenters. The molecule has 1 saturated carbocycles. The van der Waals surface area contributed by atoms with Crippen LogP contribution in [0.25, 0.3) is 22.4 Å². The first-order chi connectivity index (χ1) is 15.3. The fourth-order valence-electron chi connectivity index (χ4n) is 4.58. The highest BCUT2D eigenvalue weighted by atomic mass is 32.2. The van der Waals surface area contributed by atoms with Crippen molar-refractivity contribution in [3.8, 4) is 11.3 Å². The lowest BCUT2D eigenvalue weighted by Crippen LogP contribution is -2.36. The number of fused-ring (bicyclic) bond motifs is 1. The average Bonchev–Trinajstić information content (AvgIpc) is 3.46. The van der Waals surface area contributed by atoms with E-state index in [1.807, 2.05) is 18.3 Å². The molecule has 0 amide bonds. The standard InChI is InChI=1S/C23H28N4O3S/c24-31-29-15-16-4-5-18(12-16)26-20-6-7-25-21-14-22(30-23(20)21)17-2-1-3-19(13-17)27-8-10-28-11-9-27/h1-3,6-7,13-14,16,18H,4-5,8-12,15,24H2,(H,25,26). The van der Waals surface area contributed by atoms with Crippen LogP contribution in [-0.4, -0.2) is 43.9 Å². The van der Waals surface area contributed by atoms with Crippen molar-refractivity contribution < 1.29 is 13.3 Å². The van der Waals surface area contributed by atoms with E-state index in [2.05, 4.69) is 39.5 Å². The number of morpholine rings is 1. The molecule has 2 atom stereocenters. The Hall–Kier alpha value is -2.26. The highest BCUT2D eigenvalue weighted by Crippen LogP contribution is 2.35. The lowest BCUT2D eigenvalue weighted by Gasteiger charge is -2.29. The number of furan rings is 1. The minimum atomic E-state index is 0.403. The number of rotatable bonds is 7. The first-order valence-electron chi connectivity index (χ1n) is 10.9. The van der Waals surface area contributed by atoms with Gasteiger partial charge in [0.15, 0.2) is 5.58 Å². The van der Waals surface area contributed by atoms with Gasteiger partial charge < -0.3 is 23.6 Å². The molecule has 2 aliphatic rings. The third-order valence-corrected chi connectivity index (χ3v) is 6.46. The number of nitrogens with one attached hydrogen (secondary N) is 1. The molecule has 3 aromatic rings. The molecule has 0 bridgehead atoms. The first-order valence-corrected chi connectivity index (χ1v) is 11.7. The zero-order chi connectivity index (χ0) is 21.0. The van der Waals surface area contributed by atoms with Crippen LogP contribution in [-0.2, 0) is 8.92 Å². The Morgan fingerprint density at radius 1 is 1.19 bits per heavy atom. The summed E-state index contributed by atoms with van der Waals surface area (Å²) in [5, 5.41) is 9.05. The second-order valence-electron chi connectivity index (χ2n) is 8.23. The Morgan fingerprint density at radius 3 is 2.97 bits per heavy atom. The molecule has 0 spiro atoms. The zero-order valence-corrected chi connectivity index (χ0v) is 18.3. The van der Waals surface area contributed by atoms with E-state index < -0.39 is 0 Å². The van der Waals surface area contributed by atoms with E-state index in [1.165, 1.54) is 5.69 Å². The molecule has 7 nitrogen and oxygen atoms in total. The number of anilines is 2. The van der Waals surface area contributed by atoms with Gasteiger partial charge in [0, 0.05) is 42.6 Å². The van der Waals surface area contributed by atoms with Crippen molar-refractivity contribution in [2.75, 3.05) is 43.1 Å². The van der Waals surface area contributed by atoms with Crippen molar-refractivity contribution in [1.82, 2.24) is 4.98 Å². The van der Waals surface area contributed by atoms with Crippen molar-refractivity contribution in [3.63, 3.8) is 0 Å². The van der Waals surface area contributed by atoms with Crippen molar-refractivity contribution >= 4 is 34.7 Å². The van der Waals surface area contributed by atoms with Crippen molar-refractivity contribution in [2.24, 2.45) is 11.1 Å². The van der Waals surface area contributed by atoms with Gasteiger partial charge in [0.1, 0.15) is 11.3 Å². The van der Waals surface area contributed by atoms with E-state index in [1.54, 1.807) is 0 Å². The Bertz CT molecular complexity index is 1020. The van der Waals surface area contributed by atoms with Crippen LogP contribution in [0.1, 0.15) is 19.3 Å². The Balaban J connectivity index is 1.35. The molecule has 3 N–H and O–H groups in total. The summed E-state index contributed by atoms with van der Waals surface area (Å²) in [7, 11) is 0. The molecule has 1 aliphatic heterocycles. The number of pyridine rings is 1. The monoisotopic (exact) mass is 440 g/mol. The lowest BCUT2D eigenvalue weighted by molar-refractivity contribution is 0.122. The van der Waals surface area contributed by atoms with Crippen LogP contribution >= 0.6 is 12.2 Å². The van der Waals surface area contributed by atoms with E-state index in [-0.39, 0.29) is 0 Å². The number of benzene rings is 1. The second-order valence-corrected chi connectivity index (χ2v) is 8.66. The normalized spacial score (nSPS) is 21.6. The molecule has 0 radical (unpaired) electrons. The van der Waals surface area contributed by atoms with Gasteiger partial charge >= 0.3 is 0 Å². The van der Waals surface area contributed by atoms with E-state index in [0.29, 0.717) is 18.6 Å². The van der Waals surface area contributed by atoms with Crippen LogP contribution in [0.5, 0.6) is 0 Å². The summed E-state index contributed by atoms with van der Waals surface area (Å²) in [6, 6.07) is 12.9. The van der Waals surface area contributed by atoms with Crippen molar-refractivity contribution in [2.45, 2.75) is 25.3 Å². The number of hydrogen-bond acceptors (Lipinski definition) is 8. The second kappa shape index (κ2) is 9.48. The van der Waals surface area contributed by atoms with E-state index in [4.69, 9.17) is 18.5 Å². The fourth-order valence-corrected chi connectivity index (χ4v) is 4.86. The molecular formula is C23H28N4O3S. The Morgan fingerprint density at radius 2 is 2.10 bits per heavy atom. The predicted molar refractivity (Wildman–Crippen MR) is 125 cm³/mol. The van der Waals surface area contributed by atoms with Crippen LogP contribution in [0.2, 0.25) is 0 Å². The summed E-state index contributed by atoms with van der Waals surface area (Å²) >= 11 is 0.953. The summed E-state index contributed by atoms with van der Waals surface area (Å²) < 4.78 is 17.1. The number of nitrogens with two attached hydrogens (primary N) is 1. The van der Waals surface area contributed by atoms with Crippen LogP contribution in [0, 0.1) is 5.92 Å². The Labute approximate surface area is 186 Å². The van der Waals surface area contributed by atoms with Crippen LogP contribution in [0.4, 0.5) is 11.4 Å². The highest BCUT2D eigenvalue weighted by molar-refractivity contribution is 7.92. The molecule has 1 saturated heterocycles.